The molecular weight excluding hydrogens is 384 g/mol. The normalized spacial score (nSPS) is 13.6. The number of hydrogen-bond acceptors (Lipinski definition) is 9. The van der Waals surface area contributed by atoms with Crippen molar-refractivity contribution in [1.82, 2.24) is 10.3 Å². The van der Waals surface area contributed by atoms with Crippen molar-refractivity contribution in [3.05, 3.63) is 39.8 Å². The highest BCUT2D eigenvalue weighted by Gasteiger charge is 2.34. The van der Waals surface area contributed by atoms with Crippen molar-refractivity contribution in [3.63, 3.8) is 0 Å². The maximum atomic E-state index is 10.6. The Hall–Kier alpha value is -2.08. The SMILES string of the molecule is C[NH+]=C(c1cc(OCc2cnc(C)s2)ccc1N)C(O)NC(CO)(CO)CO. The molecule has 154 valence electrons. The summed E-state index contributed by atoms with van der Waals surface area (Å²) in [5, 5.41) is 42.5. The number of aromatic nitrogens is 1. The van der Waals surface area contributed by atoms with Crippen LogP contribution in [0.1, 0.15) is 15.4 Å². The molecule has 0 radical (unpaired) electrons. The van der Waals surface area contributed by atoms with E-state index in [-0.39, 0.29) is 0 Å². The van der Waals surface area contributed by atoms with Crippen molar-refractivity contribution in [2.45, 2.75) is 25.3 Å². The second-order valence-electron chi connectivity index (χ2n) is 6.35. The minimum atomic E-state index is -1.45. The van der Waals surface area contributed by atoms with Crippen LogP contribution >= 0.6 is 11.3 Å². The van der Waals surface area contributed by atoms with Crippen LogP contribution in [0.2, 0.25) is 0 Å². The van der Waals surface area contributed by atoms with E-state index in [1.54, 1.807) is 42.8 Å². The number of thiazole rings is 1. The quantitative estimate of drug-likeness (QED) is 0.131. The summed E-state index contributed by atoms with van der Waals surface area (Å²) in [6.07, 6.45) is 0.424. The van der Waals surface area contributed by atoms with Gasteiger partial charge in [0, 0.05) is 11.9 Å². The third kappa shape index (κ3) is 5.25. The molecule has 1 aromatic carbocycles. The molecule has 9 nitrogen and oxygen atoms in total. The van der Waals surface area contributed by atoms with Crippen molar-refractivity contribution in [2.24, 2.45) is 0 Å². The minimum Gasteiger partial charge on any atom is -0.488 e. The van der Waals surface area contributed by atoms with E-state index in [1.165, 1.54) is 0 Å². The number of aliphatic hydroxyl groups excluding tert-OH is 4. The highest BCUT2D eigenvalue weighted by atomic mass is 32.1. The zero-order valence-corrected chi connectivity index (χ0v) is 16.7. The molecule has 0 aliphatic rings. The maximum absolute atomic E-state index is 10.6. The first-order chi connectivity index (χ1) is 13.4. The van der Waals surface area contributed by atoms with E-state index < -0.39 is 31.6 Å². The van der Waals surface area contributed by atoms with Gasteiger partial charge in [-0.05, 0) is 25.1 Å². The van der Waals surface area contributed by atoms with Gasteiger partial charge in [0.15, 0.2) is 6.23 Å². The van der Waals surface area contributed by atoms with Gasteiger partial charge in [-0.2, -0.15) is 0 Å². The second-order valence-corrected chi connectivity index (χ2v) is 7.67. The molecule has 0 saturated carbocycles. The first-order valence-corrected chi connectivity index (χ1v) is 9.46. The summed E-state index contributed by atoms with van der Waals surface area (Å²) in [4.78, 5) is 8.04. The van der Waals surface area contributed by atoms with E-state index in [2.05, 4.69) is 15.3 Å². The summed E-state index contributed by atoms with van der Waals surface area (Å²) in [6.45, 7) is 0.569. The molecule has 1 atom stereocenters. The molecule has 8 N–H and O–H groups in total. The Kier molecular flexibility index (Phi) is 7.87. The van der Waals surface area contributed by atoms with Crippen LogP contribution in [-0.4, -0.2) is 69.8 Å². The molecule has 0 saturated heterocycles. The van der Waals surface area contributed by atoms with E-state index in [0.29, 0.717) is 29.3 Å². The fourth-order valence-electron chi connectivity index (χ4n) is 2.55. The number of benzene rings is 1. The van der Waals surface area contributed by atoms with Crippen LogP contribution in [0.5, 0.6) is 5.75 Å². The van der Waals surface area contributed by atoms with Gasteiger partial charge in [0.2, 0.25) is 5.71 Å². The molecule has 0 spiro atoms. The molecule has 2 rings (SSSR count). The number of anilines is 1. The molecule has 0 bridgehead atoms. The van der Waals surface area contributed by atoms with Gasteiger partial charge in [-0.25, -0.2) is 9.98 Å². The fraction of sp³-hybridized carbons (Fsp3) is 0.444. The van der Waals surface area contributed by atoms with Gasteiger partial charge in [0.1, 0.15) is 19.4 Å². The molecule has 2 aromatic rings. The molecule has 28 heavy (non-hydrogen) atoms. The van der Waals surface area contributed by atoms with Crippen LogP contribution in [0.25, 0.3) is 0 Å². The fourth-order valence-corrected chi connectivity index (χ4v) is 3.26. The third-order valence-electron chi connectivity index (χ3n) is 4.26. The standard InChI is InChI=1S/C18H26N4O5S/c1-11-21-6-13(28-11)7-27-12-3-4-15(19)14(5-12)16(20-2)17(26)22-18(8-23,9-24)10-25/h3-6,17,22-26H,7-10,19H2,1-2H3/p+1. The lowest BCUT2D eigenvalue weighted by atomic mass is 10.0. The summed E-state index contributed by atoms with van der Waals surface area (Å²) in [5.74, 6) is 0.549. The highest BCUT2D eigenvalue weighted by molar-refractivity contribution is 7.11. The van der Waals surface area contributed by atoms with Crippen LogP contribution in [0.4, 0.5) is 5.69 Å². The Balaban J connectivity index is 2.20. The van der Waals surface area contributed by atoms with Gasteiger partial charge in [-0.15, -0.1) is 11.3 Å². The molecule has 0 aliphatic carbocycles. The Morgan fingerprint density at radius 3 is 2.54 bits per heavy atom. The predicted molar refractivity (Wildman–Crippen MR) is 106 cm³/mol. The van der Waals surface area contributed by atoms with Gasteiger partial charge < -0.3 is 30.9 Å². The number of rotatable bonds is 10. The smallest absolute Gasteiger partial charge is 0.227 e. The molecule has 1 aromatic heterocycles. The molecule has 10 heteroatoms. The van der Waals surface area contributed by atoms with Crippen LogP contribution < -0.4 is 20.8 Å². The maximum Gasteiger partial charge on any atom is 0.227 e. The number of nitrogens with zero attached hydrogens (tertiary/aromatic N) is 1. The zero-order chi connectivity index (χ0) is 20.7. The summed E-state index contributed by atoms with van der Waals surface area (Å²) < 4.78 is 5.79. The van der Waals surface area contributed by atoms with Crippen molar-refractivity contribution in [1.29, 1.82) is 0 Å². The largest absolute Gasteiger partial charge is 0.488 e. The van der Waals surface area contributed by atoms with E-state index >= 15 is 0 Å². The number of aliphatic hydroxyl groups is 4. The number of nitrogens with two attached hydrogens (primary N) is 1. The van der Waals surface area contributed by atoms with Crippen LogP contribution in [0, 0.1) is 6.92 Å². The number of nitrogen functional groups attached to an aromatic ring is 1. The zero-order valence-electron chi connectivity index (χ0n) is 15.8. The second kappa shape index (κ2) is 9.92. The number of ether oxygens (including phenoxy) is 1. The Bertz CT molecular complexity index is 799. The predicted octanol–water partition coefficient (Wildman–Crippen LogP) is -2.26. The lowest BCUT2D eigenvalue weighted by Crippen LogP contribution is -2.74. The molecule has 1 heterocycles. The molecule has 1 unspecified atom stereocenters. The van der Waals surface area contributed by atoms with Gasteiger partial charge in [-0.1, -0.05) is 0 Å². The van der Waals surface area contributed by atoms with Crippen LogP contribution in [0.3, 0.4) is 0 Å². The van der Waals surface area contributed by atoms with Gasteiger partial charge in [0.25, 0.3) is 0 Å². The summed E-state index contributed by atoms with van der Waals surface area (Å²) in [6, 6.07) is 5.06. The van der Waals surface area contributed by atoms with Crippen molar-refractivity contribution >= 4 is 22.7 Å². The van der Waals surface area contributed by atoms with Crippen molar-refractivity contribution in [2.75, 3.05) is 32.6 Å². The van der Waals surface area contributed by atoms with E-state index in [4.69, 9.17) is 10.5 Å². The topological polar surface area (TPSA) is 155 Å². The van der Waals surface area contributed by atoms with Crippen molar-refractivity contribution < 1.29 is 30.2 Å². The molecular formula is C18H27N4O5S+. The van der Waals surface area contributed by atoms with Crippen molar-refractivity contribution in [3.8, 4) is 5.75 Å². The van der Waals surface area contributed by atoms with Gasteiger partial charge >= 0.3 is 0 Å². The lowest BCUT2D eigenvalue weighted by molar-refractivity contribution is -0.423. The van der Waals surface area contributed by atoms with Gasteiger partial charge in [0.05, 0.1) is 40.8 Å². The number of hydrogen-bond donors (Lipinski definition) is 7. The van der Waals surface area contributed by atoms with E-state index in [1.807, 2.05) is 6.92 Å². The Labute approximate surface area is 167 Å². The molecule has 0 fully saturated rings. The number of nitrogens with one attached hydrogen (secondary N) is 2. The first kappa shape index (κ1) is 22.2. The number of aryl methyl sites for hydroxylation is 1. The summed E-state index contributed by atoms with van der Waals surface area (Å²) in [7, 11) is 1.60. The third-order valence-corrected chi connectivity index (χ3v) is 5.15. The Morgan fingerprint density at radius 1 is 1.32 bits per heavy atom. The lowest BCUT2D eigenvalue weighted by Gasteiger charge is -2.30. The average Bonchev–Trinajstić information content (AvgIpc) is 3.12. The molecule has 0 amide bonds. The summed E-state index contributed by atoms with van der Waals surface area (Å²) >= 11 is 1.54. The van der Waals surface area contributed by atoms with Gasteiger partial charge in [-0.3, -0.25) is 5.32 Å². The molecule has 0 aliphatic heterocycles. The van der Waals surface area contributed by atoms with Crippen LogP contribution in [0.15, 0.2) is 24.4 Å². The van der Waals surface area contributed by atoms with E-state index in [0.717, 1.165) is 9.88 Å². The van der Waals surface area contributed by atoms with Crippen LogP contribution in [-0.2, 0) is 6.61 Å². The summed E-state index contributed by atoms with van der Waals surface area (Å²) in [5.41, 5.74) is 5.80. The monoisotopic (exact) mass is 411 g/mol. The Morgan fingerprint density at radius 2 is 2.00 bits per heavy atom. The van der Waals surface area contributed by atoms with E-state index in [9.17, 15) is 20.4 Å². The first-order valence-electron chi connectivity index (χ1n) is 8.65. The minimum absolute atomic E-state index is 0.302. The highest BCUT2D eigenvalue weighted by Crippen LogP contribution is 2.22. The average molecular weight is 412 g/mol.